The summed E-state index contributed by atoms with van der Waals surface area (Å²) >= 11 is 0. The van der Waals surface area contributed by atoms with Gasteiger partial charge in [-0.1, -0.05) is 0 Å². The van der Waals surface area contributed by atoms with E-state index in [1.54, 1.807) is 18.2 Å². The summed E-state index contributed by atoms with van der Waals surface area (Å²) < 4.78 is 12.8. The molecule has 2 rings (SSSR count). The maximum atomic E-state index is 12.8. The molecule has 0 amide bonds. The van der Waals surface area contributed by atoms with Crippen LogP contribution in [-0.2, 0) is 0 Å². The minimum atomic E-state index is -0.213. The minimum absolute atomic E-state index is 0.127. The summed E-state index contributed by atoms with van der Waals surface area (Å²) in [4.78, 5) is 2.05. The van der Waals surface area contributed by atoms with Gasteiger partial charge in [0.25, 0.3) is 0 Å². The van der Waals surface area contributed by atoms with Crippen LogP contribution in [0.4, 0.5) is 4.39 Å². The Kier molecular flexibility index (Phi) is 3.39. The van der Waals surface area contributed by atoms with Gasteiger partial charge in [-0.3, -0.25) is 0 Å². The van der Waals surface area contributed by atoms with Gasteiger partial charge in [-0.15, -0.1) is 0 Å². The number of hydrogen-bond acceptors (Lipinski definition) is 2. The fourth-order valence-corrected chi connectivity index (χ4v) is 2.19. The van der Waals surface area contributed by atoms with Crippen molar-refractivity contribution in [3.05, 3.63) is 35.6 Å². The molecule has 2 nitrogen and oxygen atoms in total. The molecule has 1 saturated heterocycles. The molecule has 0 aliphatic carbocycles. The molecule has 0 saturated carbocycles. The first-order chi connectivity index (χ1) is 7.70. The first-order valence-electron chi connectivity index (χ1n) is 5.51. The van der Waals surface area contributed by atoms with E-state index in [9.17, 15) is 4.39 Å². The zero-order valence-electron chi connectivity index (χ0n) is 9.14. The molecule has 0 aromatic heterocycles. The average Bonchev–Trinajstić information content (AvgIpc) is 2.31. The first-order valence-corrected chi connectivity index (χ1v) is 5.51. The molecule has 1 radical (unpaired) electrons. The molecule has 1 aromatic carbocycles. The molecular formula is C12H15BFN2. The van der Waals surface area contributed by atoms with Crippen LogP contribution in [0.2, 0.25) is 0 Å². The Labute approximate surface area is 96.3 Å². The maximum absolute atomic E-state index is 12.8. The van der Waals surface area contributed by atoms with Gasteiger partial charge in [0, 0.05) is 0 Å². The van der Waals surface area contributed by atoms with Gasteiger partial charge in [0.15, 0.2) is 0 Å². The van der Waals surface area contributed by atoms with Crippen molar-refractivity contribution >= 4 is 13.6 Å². The Morgan fingerprint density at radius 2 is 2.06 bits per heavy atom. The molecule has 0 unspecified atom stereocenters. The monoisotopic (exact) mass is 217 g/mol. The van der Waals surface area contributed by atoms with Crippen molar-refractivity contribution in [3.8, 4) is 0 Å². The summed E-state index contributed by atoms with van der Waals surface area (Å²) in [6.07, 6.45) is 2.51. The van der Waals surface area contributed by atoms with Gasteiger partial charge in [-0.05, 0) is 0 Å². The van der Waals surface area contributed by atoms with Crippen molar-refractivity contribution in [1.29, 1.82) is 0 Å². The molecule has 1 aromatic rings. The summed E-state index contributed by atoms with van der Waals surface area (Å²) in [6, 6.07) is 6.70. The number of benzene rings is 1. The van der Waals surface area contributed by atoms with Crippen LogP contribution in [0, 0.1) is 5.82 Å². The first kappa shape index (κ1) is 11.3. The molecule has 0 bridgehead atoms. The molecule has 1 aliphatic heterocycles. The van der Waals surface area contributed by atoms with Crippen LogP contribution in [0.1, 0.15) is 17.9 Å². The van der Waals surface area contributed by atoms with E-state index in [0.717, 1.165) is 25.1 Å². The van der Waals surface area contributed by atoms with E-state index >= 15 is 0 Å². The third-order valence-electron chi connectivity index (χ3n) is 3.21. The van der Waals surface area contributed by atoms with Gasteiger partial charge in [0.1, 0.15) is 0 Å². The van der Waals surface area contributed by atoms with Crippen LogP contribution < -0.4 is 5.73 Å². The Morgan fingerprint density at radius 1 is 1.38 bits per heavy atom. The number of nitrogens with two attached hydrogens (primary N) is 1. The van der Waals surface area contributed by atoms with Gasteiger partial charge in [0.05, 0.1) is 0 Å². The molecule has 16 heavy (non-hydrogen) atoms. The molecule has 1 aliphatic rings. The van der Waals surface area contributed by atoms with E-state index in [1.165, 1.54) is 12.1 Å². The summed E-state index contributed by atoms with van der Waals surface area (Å²) in [5.41, 5.74) is 7.17. The zero-order valence-corrected chi connectivity index (χ0v) is 9.14. The Bertz CT molecular complexity index is 366. The van der Waals surface area contributed by atoms with Gasteiger partial charge >= 0.3 is 95.7 Å². The topological polar surface area (TPSA) is 29.3 Å². The van der Waals surface area contributed by atoms with Crippen LogP contribution in [0.3, 0.4) is 0 Å². The zero-order chi connectivity index (χ0) is 11.5. The van der Waals surface area contributed by atoms with Gasteiger partial charge in [0.2, 0.25) is 0 Å². The van der Waals surface area contributed by atoms with Crippen molar-refractivity contribution < 1.29 is 4.39 Å². The number of likely N-dealkylation sites (tertiary alicyclic amines) is 1. The molecular weight excluding hydrogens is 202 g/mol. The van der Waals surface area contributed by atoms with Crippen molar-refractivity contribution in [3.63, 3.8) is 0 Å². The molecule has 2 N–H and O–H groups in total. The second-order valence-corrected chi connectivity index (χ2v) is 4.25. The predicted octanol–water partition coefficient (Wildman–Crippen LogP) is 0.870. The Balaban J connectivity index is 2.17. The van der Waals surface area contributed by atoms with E-state index in [0.29, 0.717) is 0 Å². The van der Waals surface area contributed by atoms with Crippen LogP contribution in [0.5, 0.6) is 0 Å². The van der Waals surface area contributed by atoms with Crippen molar-refractivity contribution in [1.82, 2.24) is 4.90 Å². The molecule has 2 atom stereocenters. The number of piperidine rings is 1. The van der Waals surface area contributed by atoms with E-state index in [-0.39, 0.29) is 17.8 Å². The SMILES string of the molecule is [B]=CN1CC[C@H](N)[C@H](c2ccc(F)cc2)C1. The van der Waals surface area contributed by atoms with Crippen molar-refractivity contribution in [2.45, 2.75) is 18.4 Å². The molecule has 4 heteroatoms. The van der Waals surface area contributed by atoms with Crippen LogP contribution in [-0.4, -0.2) is 37.6 Å². The predicted molar refractivity (Wildman–Crippen MR) is 65.1 cm³/mol. The molecule has 1 heterocycles. The van der Waals surface area contributed by atoms with Gasteiger partial charge < -0.3 is 0 Å². The molecule has 0 spiro atoms. The molecule has 83 valence electrons. The Morgan fingerprint density at radius 3 is 2.69 bits per heavy atom. The normalized spacial score (nSPS) is 25.4. The van der Waals surface area contributed by atoms with Crippen LogP contribution >= 0.6 is 0 Å². The number of halogens is 1. The summed E-state index contributed by atoms with van der Waals surface area (Å²) in [5.74, 6) is 0.0181. The number of hydrogen-bond donors (Lipinski definition) is 1. The fraction of sp³-hybridized carbons (Fsp3) is 0.417. The third kappa shape index (κ3) is 2.32. The summed E-state index contributed by atoms with van der Waals surface area (Å²) in [5, 5.41) is 0. The standard InChI is InChI=1S/C12H15BFN2/c13-8-16-6-5-12(15)11(7-16)9-1-3-10(14)4-2-9/h1-4,8,11-12H,5-7,15H2/t11-,12-/m0/s1. The second kappa shape index (κ2) is 4.79. The van der Waals surface area contributed by atoms with Crippen LogP contribution in [0.15, 0.2) is 24.3 Å². The summed E-state index contributed by atoms with van der Waals surface area (Å²) in [6.45, 7) is 1.71. The third-order valence-corrected chi connectivity index (χ3v) is 3.21. The molecule has 1 fully saturated rings. The van der Waals surface area contributed by atoms with E-state index in [2.05, 4.69) is 4.90 Å². The van der Waals surface area contributed by atoms with E-state index in [4.69, 9.17) is 13.2 Å². The number of rotatable bonds is 2. The summed E-state index contributed by atoms with van der Waals surface area (Å²) in [7, 11) is 5.51. The Hall–Kier alpha value is -1.16. The average molecular weight is 217 g/mol. The van der Waals surface area contributed by atoms with E-state index in [1.807, 2.05) is 0 Å². The van der Waals surface area contributed by atoms with Crippen molar-refractivity contribution in [2.24, 2.45) is 5.73 Å². The van der Waals surface area contributed by atoms with Gasteiger partial charge in [-0.2, -0.15) is 0 Å². The van der Waals surface area contributed by atoms with Gasteiger partial charge in [-0.25, -0.2) is 0 Å². The number of nitrogens with zero attached hydrogens (tertiary/aromatic N) is 1. The van der Waals surface area contributed by atoms with E-state index < -0.39 is 0 Å². The second-order valence-electron chi connectivity index (χ2n) is 4.25. The van der Waals surface area contributed by atoms with Crippen LogP contribution in [0.25, 0.3) is 0 Å². The quantitative estimate of drug-likeness (QED) is 0.745. The fourth-order valence-electron chi connectivity index (χ4n) is 2.19. The van der Waals surface area contributed by atoms with Crippen molar-refractivity contribution in [2.75, 3.05) is 13.1 Å².